The van der Waals surface area contributed by atoms with E-state index in [1.807, 2.05) is 21.0 Å². The summed E-state index contributed by atoms with van der Waals surface area (Å²) in [6.45, 7) is 2.13. The second kappa shape index (κ2) is 9.88. The highest BCUT2D eigenvalue weighted by Crippen LogP contribution is 2.38. The summed E-state index contributed by atoms with van der Waals surface area (Å²) < 4.78 is 10.9. The van der Waals surface area contributed by atoms with Crippen molar-refractivity contribution < 1.29 is 24.2 Å². The smallest absolute Gasteiger partial charge is 0.330 e. The Balaban J connectivity index is 2.05. The molecule has 0 amide bonds. The van der Waals surface area contributed by atoms with E-state index in [1.54, 1.807) is 4.90 Å². The fourth-order valence-electron chi connectivity index (χ4n) is 3.66. The summed E-state index contributed by atoms with van der Waals surface area (Å²) >= 11 is 0. The number of aliphatic hydroxyl groups excluding tert-OH is 1. The number of ether oxygens (including phenoxy) is 2. The predicted molar refractivity (Wildman–Crippen MR) is 98.3 cm³/mol. The minimum Gasteiger partial charge on any atom is -0.461 e. The quantitative estimate of drug-likeness (QED) is 0.610. The maximum Gasteiger partial charge on any atom is 0.330 e. The minimum absolute atomic E-state index is 0.0781. The van der Waals surface area contributed by atoms with Crippen LogP contribution in [-0.4, -0.2) is 60.9 Å². The molecule has 5 unspecified atom stereocenters. The molecule has 1 saturated carbocycles. The van der Waals surface area contributed by atoms with Crippen molar-refractivity contribution in [1.82, 2.24) is 4.90 Å². The van der Waals surface area contributed by atoms with E-state index in [1.165, 1.54) is 12.2 Å². The SMILES string of the molecule is CC1CCC/C=C\C2CC(OC(=O)CN(C)C)CC2C(O)/C=C\C(=O)O1. The van der Waals surface area contributed by atoms with E-state index in [0.717, 1.165) is 19.3 Å². The lowest BCUT2D eigenvalue weighted by Crippen LogP contribution is -2.27. The van der Waals surface area contributed by atoms with Gasteiger partial charge in [-0.2, -0.15) is 0 Å². The van der Waals surface area contributed by atoms with E-state index < -0.39 is 12.1 Å². The molecule has 1 fully saturated rings. The van der Waals surface area contributed by atoms with Crippen LogP contribution < -0.4 is 0 Å². The molecule has 1 aliphatic heterocycles. The Morgan fingerprint density at radius 2 is 2.12 bits per heavy atom. The lowest BCUT2D eigenvalue weighted by molar-refractivity contribution is -0.149. The molecule has 26 heavy (non-hydrogen) atoms. The van der Waals surface area contributed by atoms with Gasteiger partial charge in [0.25, 0.3) is 0 Å². The number of carbonyl (C=O) groups is 2. The molecular formula is C20H31NO5. The van der Waals surface area contributed by atoms with Gasteiger partial charge in [0.15, 0.2) is 0 Å². The van der Waals surface area contributed by atoms with Crippen molar-refractivity contribution in [3.63, 3.8) is 0 Å². The van der Waals surface area contributed by atoms with Gasteiger partial charge in [0, 0.05) is 6.08 Å². The Kier molecular flexibility index (Phi) is 7.85. The van der Waals surface area contributed by atoms with Crippen molar-refractivity contribution in [2.45, 2.75) is 57.3 Å². The maximum atomic E-state index is 11.9. The second-order valence-electron chi connectivity index (χ2n) is 7.61. The fraction of sp³-hybridized carbons (Fsp3) is 0.700. The number of hydrogen-bond donors (Lipinski definition) is 1. The van der Waals surface area contributed by atoms with E-state index in [0.29, 0.717) is 12.8 Å². The van der Waals surface area contributed by atoms with Gasteiger partial charge in [-0.05, 0) is 71.0 Å². The molecule has 2 aliphatic rings. The number of allylic oxidation sites excluding steroid dienone is 2. The third kappa shape index (κ3) is 6.57. The van der Waals surface area contributed by atoms with Gasteiger partial charge in [-0.15, -0.1) is 0 Å². The number of hydrogen-bond acceptors (Lipinski definition) is 6. The first-order valence-electron chi connectivity index (χ1n) is 9.43. The van der Waals surface area contributed by atoms with E-state index in [-0.39, 0.29) is 36.6 Å². The fourth-order valence-corrected chi connectivity index (χ4v) is 3.66. The highest BCUT2D eigenvalue weighted by molar-refractivity contribution is 5.82. The number of fused-ring (bicyclic) bond motifs is 1. The van der Waals surface area contributed by atoms with Crippen LogP contribution in [-0.2, 0) is 19.1 Å². The topological polar surface area (TPSA) is 76.1 Å². The third-order valence-corrected chi connectivity index (χ3v) is 4.91. The van der Waals surface area contributed by atoms with Gasteiger partial charge in [0.1, 0.15) is 6.10 Å². The van der Waals surface area contributed by atoms with Crippen LogP contribution in [0.15, 0.2) is 24.3 Å². The van der Waals surface area contributed by atoms with Crippen molar-refractivity contribution in [3.05, 3.63) is 24.3 Å². The van der Waals surface area contributed by atoms with Gasteiger partial charge >= 0.3 is 11.9 Å². The van der Waals surface area contributed by atoms with Gasteiger partial charge in [-0.1, -0.05) is 12.2 Å². The van der Waals surface area contributed by atoms with E-state index in [2.05, 4.69) is 12.2 Å². The van der Waals surface area contributed by atoms with Gasteiger partial charge in [-0.3, -0.25) is 9.69 Å². The van der Waals surface area contributed by atoms with Gasteiger partial charge in [0.2, 0.25) is 0 Å². The molecule has 146 valence electrons. The van der Waals surface area contributed by atoms with Crippen LogP contribution in [0.3, 0.4) is 0 Å². The first-order chi connectivity index (χ1) is 12.3. The first kappa shape index (κ1) is 20.6. The zero-order valence-corrected chi connectivity index (χ0v) is 16.0. The van der Waals surface area contributed by atoms with Gasteiger partial charge < -0.3 is 14.6 Å². The summed E-state index contributed by atoms with van der Waals surface area (Å²) in [5.74, 6) is -0.626. The molecule has 0 spiro atoms. The van der Waals surface area contributed by atoms with Gasteiger partial charge in [0.05, 0.1) is 18.8 Å². The van der Waals surface area contributed by atoms with Crippen LogP contribution in [0, 0.1) is 11.8 Å². The molecule has 2 rings (SSSR count). The van der Waals surface area contributed by atoms with E-state index in [4.69, 9.17) is 9.47 Å². The molecule has 0 aromatic heterocycles. The summed E-state index contributed by atoms with van der Waals surface area (Å²) in [5, 5.41) is 10.5. The van der Waals surface area contributed by atoms with Crippen LogP contribution in [0.5, 0.6) is 0 Å². The minimum atomic E-state index is -0.772. The van der Waals surface area contributed by atoms with Crippen molar-refractivity contribution in [3.8, 4) is 0 Å². The molecule has 1 N–H and O–H groups in total. The number of rotatable bonds is 3. The highest BCUT2D eigenvalue weighted by atomic mass is 16.5. The van der Waals surface area contributed by atoms with Crippen LogP contribution in [0.25, 0.3) is 0 Å². The Hall–Kier alpha value is -1.66. The number of carbonyl (C=O) groups excluding carboxylic acids is 2. The standard InChI is InChI=1S/C20H31NO5/c1-14-7-5-4-6-8-15-11-16(26-20(24)13-21(2)3)12-17(15)18(22)9-10-19(23)25-14/h6,8-10,14-18,22H,4-5,7,11-13H2,1-3H3/b8-6-,10-9-. The maximum absolute atomic E-state index is 11.9. The molecule has 1 heterocycles. The summed E-state index contributed by atoms with van der Waals surface area (Å²) in [5.41, 5.74) is 0. The molecule has 6 heteroatoms. The number of likely N-dealkylation sites (N-methyl/N-ethyl adjacent to an activating group) is 1. The second-order valence-corrected chi connectivity index (χ2v) is 7.61. The van der Waals surface area contributed by atoms with Gasteiger partial charge in [-0.25, -0.2) is 4.79 Å². The molecule has 0 bridgehead atoms. The average Bonchev–Trinajstić information content (AvgIpc) is 2.93. The van der Waals surface area contributed by atoms with E-state index >= 15 is 0 Å². The molecule has 5 atom stereocenters. The molecule has 0 aromatic carbocycles. The number of nitrogens with zero attached hydrogens (tertiary/aromatic N) is 1. The molecular weight excluding hydrogens is 334 g/mol. The number of aliphatic hydroxyl groups is 1. The average molecular weight is 365 g/mol. The Morgan fingerprint density at radius 3 is 2.85 bits per heavy atom. The predicted octanol–water partition coefficient (Wildman–Crippen LogP) is 2.07. The lowest BCUT2D eigenvalue weighted by atomic mass is 9.90. The van der Waals surface area contributed by atoms with Crippen LogP contribution in [0.1, 0.15) is 39.0 Å². The molecule has 0 saturated heterocycles. The summed E-state index contributed by atoms with van der Waals surface area (Å²) in [7, 11) is 3.64. The summed E-state index contributed by atoms with van der Waals surface area (Å²) in [6, 6.07) is 0. The number of esters is 2. The molecule has 0 radical (unpaired) electrons. The number of cyclic esters (lactones) is 1. The Bertz CT molecular complexity index is 542. The van der Waals surface area contributed by atoms with Crippen molar-refractivity contribution >= 4 is 11.9 Å². The zero-order valence-electron chi connectivity index (χ0n) is 16.0. The monoisotopic (exact) mass is 365 g/mol. The molecule has 0 aromatic rings. The Morgan fingerprint density at radius 1 is 1.35 bits per heavy atom. The van der Waals surface area contributed by atoms with Crippen molar-refractivity contribution in [2.24, 2.45) is 11.8 Å². The third-order valence-electron chi connectivity index (χ3n) is 4.91. The first-order valence-corrected chi connectivity index (χ1v) is 9.43. The normalized spacial score (nSPS) is 35.4. The van der Waals surface area contributed by atoms with Crippen molar-refractivity contribution in [1.29, 1.82) is 0 Å². The molecule has 1 aliphatic carbocycles. The summed E-state index contributed by atoms with van der Waals surface area (Å²) in [4.78, 5) is 25.5. The molecule has 6 nitrogen and oxygen atoms in total. The Labute approximate surface area is 155 Å². The largest absolute Gasteiger partial charge is 0.461 e. The van der Waals surface area contributed by atoms with Crippen molar-refractivity contribution in [2.75, 3.05) is 20.6 Å². The lowest BCUT2D eigenvalue weighted by Gasteiger charge is -2.19. The zero-order chi connectivity index (χ0) is 19.1. The van der Waals surface area contributed by atoms with Crippen LogP contribution in [0.2, 0.25) is 0 Å². The van der Waals surface area contributed by atoms with E-state index in [9.17, 15) is 14.7 Å². The highest BCUT2D eigenvalue weighted by Gasteiger charge is 2.38. The van der Waals surface area contributed by atoms with Crippen LogP contribution >= 0.6 is 0 Å². The summed E-state index contributed by atoms with van der Waals surface area (Å²) in [6.07, 6.45) is 9.91. The van der Waals surface area contributed by atoms with Crippen LogP contribution in [0.4, 0.5) is 0 Å².